The van der Waals surface area contributed by atoms with E-state index in [0.717, 1.165) is 11.5 Å². The SMILES string of the molecule is COC(=O)c1snc(-c2ncccc2Cl)c1I. The molecule has 0 N–H and O–H groups in total. The van der Waals surface area contributed by atoms with Gasteiger partial charge in [-0.15, -0.1) is 0 Å². The Balaban J connectivity index is 2.52. The van der Waals surface area contributed by atoms with E-state index in [1.54, 1.807) is 18.3 Å². The highest BCUT2D eigenvalue weighted by atomic mass is 127. The Morgan fingerprint density at radius 2 is 2.29 bits per heavy atom. The molecule has 0 aliphatic heterocycles. The number of methoxy groups -OCH3 is 1. The molecular formula is C10H6ClIN2O2S. The summed E-state index contributed by atoms with van der Waals surface area (Å²) in [6.45, 7) is 0. The van der Waals surface area contributed by atoms with E-state index in [2.05, 4.69) is 14.1 Å². The molecule has 0 spiro atoms. The van der Waals surface area contributed by atoms with Crippen LogP contribution in [-0.4, -0.2) is 22.4 Å². The zero-order chi connectivity index (χ0) is 12.4. The first-order valence-corrected chi connectivity index (χ1v) is 6.72. The van der Waals surface area contributed by atoms with Crippen LogP contribution in [0, 0.1) is 3.57 Å². The number of hydrogen-bond acceptors (Lipinski definition) is 5. The molecule has 0 unspecified atom stereocenters. The van der Waals surface area contributed by atoms with E-state index in [9.17, 15) is 4.79 Å². The molecule has 17 heavy (non-hydrogen) atoms. The Bertz CT molecular complexity index is 573. The van der Waals surface area contributed by atoms with Gasteiger partial charge in [0, 0.05) is 6.20 Å². The number of aromatic nitrogens is 2. The highest BCUT2D eigenvalue weighted by Gasteiger charge is 2.21. The molecule has 0 saturated carbocycles. The van der Waals surface area contributed by atoms with Crippen molar-refractivity contribution in [2.24, 2.45) is 0 Å². The summed E-state index contributed by atoms with van der Waals surface area (Å²) in [6.07, 6.45) is 1.63. The molecule has 88 valence electrons. The van der Waals surface area contributed by atoms with Crippen molar-refractivity contribution in [3.63, 3.8) is 0 Å². The molecule has 2 aromatic heterocycles. The van der Waals surface area contributed by atoms with Crippen LogP contribution in [0.5, 0.6) is 0 Å². The molecule has 0 fully saturated rings. The molecule has 2 rings (SSSR count). The number of carbonyl (C=O) groups is 1. The fourth-order valence-electron chi connectivity index (χ4n) is 1.21. The van der Waals surface area contributed by atoms with Gasteiger partial charge in [0.1, 0.15) is 16.3 Å². The zero-order valence-electron chi connectivity index (χ0n) is 8.61. The van der Waals surface area contributed by atoms with Crippen LogP contribution in [0.25, 0.3) is 11.4 Å². The third-order valence-electron chi connectivity index (χ3n) is 1.99. The van der Waals surface area contributed by atoms with Crippen molar-refractivity contribution in [2.75, 3.05) is 7.11 Å². The van der Waals surface area contributed by atoms with Crippen LogP contribution in [0.15, 0.2) is 18.3 Å². The van der Waals surface area contributed by atoms with Crippen molar-refractivity contribution < 1.29 is 9.53 Å². The van der Waals surface area contributed by atoms with E-state index in [1.165, 1.54) is 7.11 Å². The Kier molecular flexibility index (Phi) is 3.95. The Labute approximate surface area is 120 Å². The molecule has 0 aliphatic carbocycles. The van der Waals surface area contributed by atoms with Crippen molar-refractivity contribution in [3.8, 4) is 11.4 Å². The van der Waals surface area contributed by atoms with Crippen molar-refractivity contribution in [3.05, 3.63) is 31.8 Å². The molecule has 0 aromatic carbocycles. The molecule has 0 bridgehead atoms. The molecule has 2 aromatic rings. The van der Waals surface area contributed by atoms with Crippen LogP contribution < -0.4 is 0 Å². The lowest BCUT2D eigenvalue weighted by Crippen LogP contribution is -2.00. The number of nitrogens with zero attached hydrogens (tertiary/aromatic N) is 2. The lowest BCUT2D eigenvalue weighted by Gasteiger charge is -2.00. The minimum Gasteiger partial charge on any atom is -0.465 e. The van der Waals surface area contributed by atoms with E-state index >= 15 is 0 Å². The molecule has 0 amide bonds. The predicted molar refractivity (Wildman–Crippen MR) is 74.4 cm³/mol. The highest BCUT2D eigenvalue weighted by Crippen LogP contribution is 2.32. The highest BCUT2D eigenvalue weighted by molar-refractivity contribution is 14.1. The maximum Gasteiger partial charge on any atom is 0.350 e. The largest absolute Gasteiger partial charge is 0.465 e. The average Bonchev–Trinajstić information content (AvgIpc) is 2.71. The number of carbonyl (C=O) groups excluding carboxylic acids is 1. The third-order valence-corrected chi connectivity index (χ3v) is 4.54. The van der Waals surface area contributed by atoms with E-state index in [0.29, 0.717) is 24.9 Å². The number of hydrogen-bond donors (Lipinski definition) is 0. The van der Waals surface area contributed by atoms with Gasteiger partial charge in [-0.2, -0.15) is 4.37 Å². The topological polar surface area (TPSA) is 52.1 Å². The van der Waals surface area contributed by atoms with Gasteiger partial charge in [0.05, 0.1) is 15.7 Å². The van der Waals surface area contributed by atoms with Gasteiger partial charge in [-0.05, 0) is 46.3 Å². The van der Waals surface area contributed by atoms with E-state index in [1.807, 2.05) is 22.6 Å². The van der Waals surface area contributed by atoms with Crippen molar-refractivity contribution in [1.82, 2.24) is 9.36 Å². The van der Waals surface area contributed by atoms with Crippen LogP contribution in [0.4, 0.5) is 0 Å². The van der Waals surface area contributed by atoms with Crippen LogP contribution in [0.1, 0.15) is 9.67 Å². The number of pyridine rings is 1. The van der Waals surface area contributed by atoms with Gasteiger partial charge in [0.15, 0.2) is 0 Å². The maximum atomic E-state index is 11.5. The average molecular weight is 381 g/mol. The molecule has 4 nitrogen and oxygen atoms in total. The van der Waals surface area contributed by atoms with Gasteiger partial charge >= 0.3 is 5.97 Å². The second-order valence-electron chi connectivity index (χ2n) is 3.00. The van der Waals surface area contributed by atoms with Gasteiger partial charge in [-0.25, -0.2) is 4.79 Å². The fourth-order valence-corrected chi connectivity index (χ4v) is 3.17. The Morgan fingerprint density at radius 3 is 2.94 bits per heavy atom. The fraction of sp³-hybridized carbons (Fsp3) is 0.100. The van der Waals surface area contributed by atoms with Crippen molar-refractivity contribution in [2.45, 2.75) is 0 Å². The molecule has 0 atom stereocenters. The normalized spacial score (nSPS) is 10.3. The van der Waals surface area contributed by atoms with Crippen LogP contribution in [-0.2, 0) is 4.74 Å². The minimum atomic E-state index is -0.398. The summed E-state index contributed by atoms with van der Waals surface area (Å²) < 4.78 is 9.58. The van der Waals surface area contributed by atoms with E-state index in [-0.39, 0.29) is 0 Å². The van der Waals surface area contributed by atoms with Crippen LogP contribution in [0.3, 0.4) is 0 Å². The lowest BCUT2D eigenvalue weighted by molar-refractivity contribution is 0.0605. The monoisotopic (exact) mass is 380 g/mol. The predicted octanol–water partition coefficient (Wildman–Crippen LogP) is 3.25. The molecule has 7 heteroatoms. The molecule has 0 aliphatic rings. The summed E-state index contributed by atoms with van der Waals surface area (Å²) in [6, 6.07) is 3.48. The summed E-state index contributed by atoms with van der Waals surface area (Å²) >= 11 is 9.16. The van der Waals surface area contributed by atoms with Gasteiger partial charge < -0.3 is 4.74 Å². The summed E-state index contributed by atoms with van der Waals surface area (Å²) in [4.78, 5) is 16.1. The lowest BCUT2D eigenvalue weighted by atomic mass is 10.2. The first-order valence-electron chi connectivity index (χ1n) is 4.49. The number of esters is 1. The van der Waals surface area contributed by atoms with E-state index in [4.69, 9.17) is 11.6 Å². The second-order valence-corrected chi connectivity index (χ2v) is 5.26. The summed E-state index contributed by atoms with van der Waals surface area (Å²) in [7, 11) is 1.34. The smallest absolute Gasteiger partial charge is 0.350 e. The minimum absolute atomic E-state index is 0.398. The molecule has 2 heterocycles. The zero-order valence-corrected chi connectivity index (χ0v) is 12.3. The Hall–Kier alpha value is -0.730. The number of halogens is 2. The summed E-state index contributed by atoms with van der Waals surface area (Å²) in [5.74, 6) is -0.398. The molecular weight excluding hydrogens is 375 g/mol. The van der Waals surface area contributed by atoms with Gasteiger partial charge in [0.2, 0.25) is 0 Å². The summed E-state index contributed by atoms with van der Waals surface area (Å²) in [5.41, 5.74) is 1.19. The molecule has 0 saturated heterocycles. The van der Waals surface area contributed by atoms with E-state index < -0.39 is 5.97 Å². The quantitative estimate of drug-likeness (QED) is 0.593. The van der Waals surface area contributed by atoms with Crippen molar-refractivity contribution in [1.29, 1.82) is 0 Å². The van der Waals surface area contributed by atoms with Gasteiger partial charge in [-0.3, -0.25) is 4.98 Å². The van der Waals surface area contributed by atoms with Gasteiger partial charge in [-0.1, -0.05) is 11.6 Å². The second kappa shape index (κ2) is 5.28. The Morgan fingerprint density at radius 1 is 1.53 bits per heavy atom. The first-order chi connectivity index (χ1) is 8.15. The first kappa shape index (κ1) is 12.7. The molecule has 0 radical (unpaired) electrons. The maximum absolute atomic E-state index is 11.5. The summed E-state index contributed by atoms with van der Waals surface area (Å²) in [5, 5.41) is 0.507. The van der Waals surface area contributed by atoms with Crippen LogP contribution >= 0.6 is 45.7 Å². The standard InChI is InChI=1S/C10H6ClIN2O2S/c1-16-10(15)9-6(12)8(14-17-9)7-5(11)3-2-4-13-7/h2-4H,1H3. The van der Waals surface area contributed by atoms with Gasteiger partial charge in [0.25, 0.3) is 0 Å². The number of ether oxygens (including phenoxy) is 1. The third kappa shape index (κ3) is 2.43. The number of rotatable bonds is 2. The van der Waals surface area contributed by atoms with Crippen molar-refractivity contribution >= 4 is 51.7 Å². The van der Waals surface area contributed by atoms with Crippen LogP contribution in [0.2, 0.25) is 5.02 Å².